The molecule has 1 aromatic heterocycles. The summed E-state index contributed by atoms with van der Waals surface area (Å²) in [6.07, 6.45) is 0. The Balaban J connectivity index is 1.88. The van der Waals surface area contributed by atoms with Crippen molar-refractivity contribution in [3.63, 3.8) is 0 Å². The molecule has 0 N–H and O–H groups in total. The van der Waals surface area contributed by atoms with Gasteiger partial charge in [0.2, 0.25) is 0 Å². The van der Waals surface area contributed by atoms with Gasteiger partial charge in [0.15, 0.2) is 0 Å². The van der Waals surface area contributed by atoms with E-state index in [4.69, 9.17) is 9.15 Å². The molecule has 0 radical (unpaired) electrons. The second-order valence-electron chi connectivity index (χ2n) is 5.73. The maximum atomic E-state index is 11.6. The Morgan fingerprint density at radius 3 is 2.64 bits per heavy atom. The summed E-state index contributed by atoms with van der Waals surface area (Å²) in [5, 5.41) is 3.23. The summed E-state index contributed by atoms with van der Waals surface area (Å²) in [4.78, 5) is 13.9. The van der Waals surface area contributed by atoms with E-state index in [1.807, 2.05) is 13.0 Å². The van der Waals surface area contributed by atoms with Crippen molar-refractivity contribution in [1.29, 1.82) is 0 Å². The largest absolute Gasteiger partial charge is 0.423 e. The number of hydrogen-bond donors (Lipinski definition) is 0. The van der Waals surface area contributed by atoms with Gasteiger partial charge in [0, 0.05) is 30.2 Å². The summed E-state index contributed by atoms with van der Waals surface area (Å²) in [6.45, 7) is 5.29. The predicted octanol–water partition coefficient (Wildman–Crippen LogP) is 3.09. The highest BCUT2D eigenvalue weighted by Gasteiger charge is 2.12. The van der Waals surface area contributed by atoms with Crippen LogP contribution in [0.2, 0.25) is 0 Å². The number of anilines is 1. The predicted molar refractivity (Wildman–Crippen MR) is 87.8 cm³/mol. The lowest BCUT2D eigenvalue weighted by atomic mass is 10.0. The average molecular weight is 295 g/mol. The Bertz CT molecular complexity index is 907. The van der Waals surface area contributed by atoms with E-state index in [1.54, 1.807) is 0 Å². The molecule has 2 heterocycles. The lowest BCUT2D eigenvalue weighted by Gasteiger charge is -2.29. The minimum atomic E-state index is -0.298. The zero-order valence-electron chi connectivity index (χ0n) is 12.5. The molecule has 4 rings (SSSR count). The SMILES string of the molecule is Cc1cc(=O)oc2cc3cc(N4CCOCC4)ccc3cc12. The molecular formula is C18H17NO3. The van der Waals surface area contributed by atoms with E-state index < -0.39 is 0 Å². The highest BCUT2D eigenvalue weighted by Crippen LogP contribution is 2.28. The Labute approximate surface area is 127 Å². The first-order valence-electron chi connectivity index (χ1n) is 7.52. The summed E-state index contributed by atoms with van der Waals surface area (Å²) < 4.78 is 10.7. The quantitative estimate of drug-likeness (QED) is 0.511. The van der Waals surface area contributed by atoms with Gasteiger partial charge in [-0.05, 0) is 47.5 Å². The highest BCUT2D eigenvalue weighted by molar-refractivity contribution is 5.98. The topological polar surface area (TPSA) is 42.7 Å². The van der Waals surface area contributed by atoms with Crippen molar-refractivity contribution in [2.75, 3.05) is 31.2 Å². The third-order valence-corrected chi connectivity index (χ3v) is 4.27. The second-order valence-corrected chi connectivity index (χ2v) is 5.73. The van der Waals surface area contributed by atoms with Crippen LogP contribution in [0.4, 0.5) is 5.69 Å². The maximum Gasteiger partial charge on any atom is 0.336 e. The van der Waals surface area contributed by atoms with Crippen molar-refractivity contribution < 1.29 is 9.15 Å². The van der Waals surface area contributed by atoms with Gasteiger partial charge in [0.1, 0.15) is 5.58 Å². The van der Waals surface area contributed by atoms with Crippen LogP contribution in [0.15, 0.2) is 45.6 Å². The van der Waals surface area contributed by atoms with Crippen molar-refractivity contribution in [2.45, 2.75) is 6.92 Å². The maximum absolute atomic E-state index is 11.6. The van der Waals surface area contributed by atoms with Crippen LogP contribution < -0.4 is 10.5 Å². The molecule has 0 unspecified atom stereocenters. The number of benzene rings is 2. The van der Waals surface area contributed by atoms with Crippen molar-refractivity contribution in [3.8, 4) is 0 Å². The first kappa shape index (κ1) is 13.3. The third kappa shape index (κ3) is 2.25. The molecule has 112 valence electrons. The molecular weight excluding hydrogens is 278 g/mol. The zero-order chi connectivity index (χ0) is 15.1. The van der Waals surface area contributed by atoms with Gasteiger partial charge in [-0.3, -0.25) is 0 Å². The van der Waals surface area contributed by atoms with E-state index in [0.717, 1.165) is 48.0 Å². The summed E-state index contributed by atoms with van der Waals surface area (Å²) in [5.41, 5.74) is 2.49. The smallest absolute Gasteiger partial charge is 0.336 e. The lowest BCUT2D eigenvalue weighted by molar-refractivity contribution is 0.122. The molecule has 0 bridgehead atoms. The van der Waals surface area contributed by atoms with Crippen LogP contribution in [0, 0.1) is 6.92 Å². The van der Waals surface area contributed by atoms with Crippen LogP contribution in [-0.4, -0.2) is 26.3 Å². The van der Waals surface area contributed by atoms with Gasteiger partial charge < -0.3 is 14.1 Å². The van der Waals surface area contributed by atoms with Crippen LogP contribution >= 0.6 is 0 Å². The molecule has 4 nitrogen and oxygen atoms in total. The summed E-state index contributed by atoms with van der Waals surface area (Å²) in [7, 11) is 0. The molecule has 0 amide bonds. The van der Waals surface area contributed by atoms with Gasteiger partial charge >= 0.3 is 5.63 Å². The molecule has 0 atom stereocenters. The van der Waals surface area contributed by atoms with Crippen LogP contribution in [0.5, 0.6) is 0 Å². The molecule has 0 spiro atoms. The standard InChI is InChI=1S/C18H17NO3/c1-12-8-18(20)22-17-11-14-9-15(19-4-6-21-7-5-19)3-2-13(14)10-16(12)17/h2-3,8-11H,4-7H2,1H3. The van der Waals surface area contributed by atoms with Crippen molar-refractivity contribution in [1.82, 2.24) is 0 Å². The fraction of sp³-hybridized carbons (Fsp3) is 0.278. The minimum Gasteiger partial charge on any atom is -0.423 e. The van der Waals surface area contributed by atoms with E-state index in [2.05, 4.69) is 29.2 Å². The van der Waals surface area contributed by atoms with E-state index in [9.17, 15) is 4.79 Å². The molecule has 4 heteroatoms. The minimum absolute atomic E-state index is 0.298. The van der Waals surface area contributed by atoms with Gasteiger partial charge in [-0.15, -0.1) is 0 Å². The first-order chi connectivity index (χ1) is 10.7. The van der Waals surface area contributed by atoms with E-state index in [-0.39, 0.29) is 5.63 Å². The summed E-state index contributed by atoms with van der Waals surface area (Å²) in [5.74, 6) is 0. The van der Waals surface area contributed by atoms with E-state index in [1.165, 1.54) is 11.8 Å². The molecule has 2 aromatic carbocycles. The number of ether oxygens (including phenoxy) is 1. The van der Waals surface area contributed by atoms with Crippen molar-refractivity contribution >= 4 is 27.4 Å². The summed E-state index contributed by atoms with van der Waals surface area (Å²) in [6, 6.07) is 12.0. The number of morpholine rings is 1. The van der Waals surface area contributed by atoms with Crippen LogP contribution in [0.1, 0.15) is 5.56 Å². The Morgan fingerprint density at radius 2 is 1.82 bits per heavy atom. The molecule has 1 aliphatic rings. The Morgan fingerprint density at radius 1 is 1.00 bits per heavy atom. The van der Waals surface area contributed by atoms with E-state index in [0.29, 0.717) is 5.58 Å². The summed E-state index contributed by atoms with van der Waals surface area (Å²) >= 11 is 0. The van der Waals surface area contributed by atoms with Gasteiger partial charge in [0.25, 0.3) is 0 Å². The Hall–Kier alpha value is -2.33. The number of rotatable bonds is 1. The van der Waals surface area contributed by atoms with Gasteiger partial charge in [-0.1, -0.05) is 6.07 Å². The molecule has 0 saturated carbocycles. The molecule has 1 aliphatic heterocycles. The van der Waals surface area contributed by atoms with Crippen LogP contribution in [0.3, 0.4) is 0 Å². The number of nitrogens with zero attached hydrogens (tertiary/aromatic N) is 1. The third-order valence-electron chi connectivity index (χ3n) is 4.27. The molecule has 22 heavy (non-hydrogen) atoms. The number of fused-ring (bicyclic) bond motifs is 2. The lowest BCUT2D eigenvalue weighted by Crippen LogP contribution is -2.36. The van der Waals surface area contributed by atoms with Crippen LogP contribution in [0.25, 0.3) is 21.7 Å². The second kappa shape index (κ2) is 5.14. The monoisotopic (exact) mass is 295 g/mol. The molecule has 3 aromatic rings. The Kier molecular flexibility index (Phi) is 3.12. The van der Waals surface area contributed by atoms with Gasteiger partial charge in [0.05, 0.1) is 13.2 Å². The van der Waals surface area contributed by atoms with E-state index >= 15 is 0 Å². The number of hydrogen-bond acceptors (Lipinski definition) is 4. The molecule has 1 fully saturated rings. The number of aryl methyl sites for hydroxylation is 1. The normalized spacial score (nSPS) is 15.6. The van der Waals surface area contributed by atoms with Crippen molar-refractivity contribution in [3.05, 3.63) is 52.4 Å². The van der Waals surface area contributed by atoms with Crippen molar-refractivity contribution in [2.24, 2.45) is 0 Å². The molecule has 1 saturated heterocycles. The fourth-order valence-electron chi connectivity index (χ4n) is 3.07. The fourth-order valence-corrected chi connectivity index (χ4v) is 3.07. The van der Waals surface area contributed by atoms with Crippen LogP contribution in [-0.2, 0) is 4.74 Å². The van der Waals surface area contributed by atoms with Gasteiger partial charge in [-0.2, -0.15) is 0 Å². The molecule has 0 aliphatic carbocycles. The first-order valence-corrected chi connectivity index (χ1v) is 7.52. The zero-order valence-corrected chi connectivity index (χ0v) is 12.5. The van der Waals surface area contributed by atoms with Gasteiger partial charge in [-0.25, -0.2) is 4.79 Å². The highest BCUT2D eigenvalue weighted by atomic mass is 16.5. The average Bonchev–Trinajstić information content (AvgIpc) is 2.53.